The molecule has 1 atom stereocenters. The van der Waals surface area contributed by atoms with Crippen molar-refractivity contribution in [2.75, 3.05) is 25.5 Å². The Morgan fingerprint density at radius 3 is 2.35 bits per heavy atom. The van der Waals surface area contributed by atoms with Gasteiger partial charge >= 0.3 is 0 Å². The number of anilines is 1. The fourth-order valence-electron chi connectivity index (χ4n) is 3.62. The molecule has 1 saturated carbocycles. The molecule has 26 heavy (non-hydrogen) atoms. The highest BCUT2D eigenvalue weighted by Crippen LogP contribution is 2.23. The molecule has 0 bridgehead atoms. The summed E-state index contributed by atoms with van der Waals surface area (Å²) >= 11 is 0. The van der Waals surface area contributed by atoms with Gasteiger partial charge < -0.3 is 10.2 Å². The van der Waals surface area contributed by atoms with Crippen molar-refractivity contribution in [2.45, 2.75) is 65.0 Å². The zero-order chi connectivity index (χ0) is 19.1. The Labute approximate surface area is 157 Å². The van der Waals surface area contributed by atoms with Crippen LogP contribution in [0.4, 0.5) is 5.69 Å². The van der Waals surface area contributed by atoms with Gasteiger partial charge in [-0.05, 0) is 52.8 Å². The van der Waals surface area contributed by atoms with Crippen LogP contribution in [0.2, 0.25) is 0 Å². The number of amides is 2. The summed E-state index contributed by atoms with van der Waals surface area (Å²) < 4.78 is 0. The lowest BCUT2D eigenvalue weighted by Gasteiger charge is -2.37. The van der Waals surface area contributed by atoms with Crippen molar-refractivity contribution >= 4 is 17.5 Å². The Morgan fingerprint density at radius 2 is 1.77 bits per heavy atom. The lowest BCUT2D eigenvalue weighted by molar-refractivity contribution is -0.139. The van der Waals surface area contributed by atoms with Gasteiger partial charge in [-0.15, -0.1) is 0 Å². The normalized spacial score (nSPS) is 16.3. The molecule has 2 amide bonds. The molecule has 0 spiro atoms. The highest BCUT2D eigenvalue weighted by molar-refractivity contribution is 5.92. The van der Waals surface area contributed by atoms with E-state index in [9.17, 15) is 9.59 Å². The third-order valence-corrected chi connectivity index (χ3v) is 5.39. The molecule has 0 aliphatic heterocycles. The van der Waals surface area contributed by atoms with Gasteiger partial charge in [0.15, 0.2) is 0 Å². The standard InChI is InChI=1S/C21H33N3O2/c1-5-24(19-9-7-6-8-10-19)21(26)17(3)23(4)15-20(25)22-18-13-11-16(2)12-14-18/h11-14,17,19H,5-10,15H2,1-4H3,(H,22,25)/t17-/m1/s1. The maximum Gasteiger partial charge on any atom is 0.239 e. The highest BCUT2D eigenvalue weighted by Gasteiger charge is 2.29. The fourth-order valence-corrected chi connectivity index (χ4v) is 3.62. The van der Waals surface area contributed by atoms with E-state index in [-0.39, 0.29) is 24.4 Å². The van der Waals surface area contributed by atoms with Crippen LogP contribution in [0.1, 0.15) is 51.5 Å². The molecule has 0 heterocycles. The molecule has 5 nitrogen and oxygen atoms in total. The van der Waals surface area contributed by atoms with Crippen LogP contribution in [0.25, 0.3) is 0 Å². The minimum atomic E-state index is -0.305. The second-order valence-electron chi connectivity index (χ2n) is 7.42. The van der Waals surface area contributed by atoms with Gasteiger partial charge in [-0.1, -0.05) is 37.0 Å². The Bertz CT molecular complexity index is 594. The molecule has 1 aliphatic rings. The number of nitrogens with zero attached hydrogens (tertiary/aromatic N) is 2. The summed E-state index contributed by atoms with van der Waals surface area (Å²) in [5.41, 5.74) is 1.94. The van der Waals surface area contributed by atoms with Gasteiger partial charge in [0, 0.05) is 18.3 Å². The lowest BCUT2D eigenvalue weighted by Crippen LogP contribution is -2.51. The van der Waals surface area contributed by atoms with Gasteiger partial charge in [-0.3, -0.25) is 14.5 Å². The third kappa shape index (κ3) is 5.56. The summed E-state index contributed by atoms with van der Waals surface area (Å²) in [6.45, 7) is 6.88. The molecule has 1 aliphatic carbocycles. The first-order valence-corrected chi connectivity index (χ1v) is 9.79. The van der Waals surface area contributed by atoms with Gasteiger partial charge in [0.25, 0.3) is 0 Å². The second-order valence-corrected chi connectivity index (χ2v) is 7.42. The van der Waals surface area contributed by atoms with Crippen LogP contribution < -0.4 is 5.32 Å². The fraction of sp³-hybridized carbons (Fsp3) is 0.619. The molecule has 2 rings (SSSR count). The molecule has 1 fully saturated rings. The van der Waals surface area contributed by atoms with Crippen LogP contribution in [0.5, 0.6) is 0 Å². The summed E-state index contributed by atoms with van der Waals surface area (Å²) in [5.74, 6) is 0.0294. The molecule has 1 aromatic carbocycles. The summed E-state index contributed by atoms with van der Waals surface area (Å²) in [7, 11) is 1.84. The molecular weight excluding hydrogens is 326 g/mol. The predicted octanol–water partition coefficient (Wildman–Crippen LogP) is 3.44. The van der Waals surface area contributed by atoms with Crippen molar-refractivity contribution in [1.29, 1.82) is 0 Å². The first kappa shape index (κ1) is 20.4. The maximum absolute atomic E-state index is 12.9. The van der Waals surface area contributed by atoms with Crippen LogP contribution in [0, 0.1) is 6.92 Å². The van der Waals surface area contributed by atoms with Crippen LogP contribution >= 0.6 is 0 Å². The molecule has 0 radical (unpaired) electrons. The van der Waals surface area contributed by atoms with E-state index in [1.165, 1.54) is 19.3 Å². The van der Waals surface area contributed by atoms with Crippen molar-refractivity contribution in [2.24, 2.45) is 0 Å². The number of hydrogen-bond acceptors (Lipinski definition) is 3. The Balaban J connectivity index is 1.89. The Hall–Kier alpha value is -1.88. The van der Waals surface area contributed by atoms with Crippen molar-refractivity contribution in [1.82, 2.24) is 9.80 Å². The minimum absolute atomic E-state index is 0.100. The SMILES string of the molecule is CCN(C(=O)[C@@H](C)N(C)CC(=O)Nc1ccc(C)cc1)C1CCCCC1. The summed E-state index contributed by atoms with van der Waals surface area (Å²) in [4.78, 5) is 29.1. The minimum Gasteiger partial charge on any atom is -0.339 e. The lowest BCUT2D eigenvalue weighted by atomic mass is 9.93. The monoisotopic (exact) mass is 359 g/mol. The van der Waals surface area contributed by atoms with Gasteiger partial charge in [-0.2, -0.15) is 0 Å². The third-order valence-electron chi connectivity index (χ3n) is 5.39. The molecule has 0 aromatic heterocycles. The number of carbonyl (C=O) groups is 2. The predicted molar refractivity (Wildman–Crippen MR) is 106 cm³/mol. The van der Waals surface area contributed by atoms with E-state index in [1.807, 2.05) is 61.9 Å². The van der Waals surface area contributed by atoms with Crippen molar-refractivity contribution in [3.8, 4) is 0 Å². The highest BCUT2D eigenvalue weighted by atomic mass is 16.2. The molecule has 0 saturated heterocycles. The number of hydrogen-bond donors (Lipinski definition) is 1. The summed E-state index contributed by atoms with van der Waals surface area (Å²) in [6, 6.07) is 7.77. The van der Waals surface area contributed by atoms with E-state index in [1.54, 1.807) is 0 Å². The van der Waals surface area contributed by atoms with Crippen LogP contribution in [0.15, 0.2) is 24.3 Å². The average Bonchev–Trinajstić information content (AvgIpc) is 2.64. The van der Waals surface area contributed by atoms with E-state index in [0.29, 0.717) is 6.04 Å². The Kier molecular flexibility index (Phi) is 7.64. The smallest absolute Gasteiger partial charge is 0.239 e. The number of aryl methyl sites for hydroxylation is 1. The first-order chi connectivity index (χ1) is 12.4. The van der Waals surface area contributed by atoms with E-state index in [4.69, 9.17) is 0 Å². The zero-order valence-electron chi connectivity index (χ0n) is 16.6. The van der Waals surface area contributed by atoms with Gasteiger partial charge in [-0.25, -0.2) is 0 Å². The molecular formula is C21H33N3O2. The summed E-state index contributed by atoms with van der Waals surface area (Å²) in [6.07, 6.45) is 5.89. The van der Waals surface area contributed by atoms with Crippen molar-refractivity contribution in [3.05, 3.63) is 29.8 Å². The van der Waals surface area contributed by atoms with Crippen LogP contribution in [-0.4, -0.2) is 53.8 Å². The topological polar surface area (TPSA) is 52.7 Å². The van der Waals surface area contributed by atoms with Gasteiger partial charge in [0.05, 0.1) is 12.6 Å². The van der Waals surface area contributed by atoms with Gasteiger partial charge in [0.2, 0.25) is 11.8 Å². The molecule has 0 unspecified atom stereocenters. The van der Waals surface area contributed by atoms with Crippen molar-refractivity contribution in [3.63, 3.8) is 0 Å². The number of likely N-dealkylation sites (N-methyl/N-ethyl adjacent to an activating group) is 2. The van der Waals surface area contributed by atoms with E-state index in [2.05, 4.69) is 5.32 Å². The van der Waals surface area contributed by atoms with E-state index < -0.39 is 0 Å². The van der Waals surface area contributed by atoms with E-state index in [0.717, 1.165) is 30.6 Å². The molecule has 144 valence electrons. The number of nitrogens with one attached hydrogen (secondary N) is 1. The number of benzene rings is 1. The number of carbonyl (C=O) groups excluding carboxylic acids is 2. The zero-order valence-corrected chi connectivity index (χ0v) is 16.6. The molecule has 5 heteroatoms. The average molecular weight is 360 g/mol. The van der Waals surface area contributed by atoms with E-state index >= 15 is 0 Å². The maximum atomic E-state index is 12.9. The van der Waals surface area contributed by atoms with Crippen molar-refractivity contribution < 1.29 is 9.59 Å². The number of rotatable bonds is 7. The summed E-state index contributed by atoms with van der Waals surface area (Å²) in [5, 5.41) is 2.89. The first-order valence-electron chi connectivity index (χ1n) is 9.79. The Morgan fingerprint density at radius 1 is 1.15 bits per heavy atom. The van der Waals surface area contributed by atoms with Gasteiger partial charge in [0.1, 0.15) is 0 Å². The molecule has 1 aromatic rings. The molecule has 1 N–H and O–H groups in total. The largest absolute Gasteiger partial charge is 0.339 e. The van der Waals surface area contributed by atoms with Crippen LogP contribution in [0.3, 0.4) is 0 Å². The quantitative estimate of drug-likeness (QED) is 0.811. The second kappa shape index (κ2) is 9.72. The van der Waals surface area contributed by atoms with Crippen LogP contribution in [-0.2, 0) is 9.59 Å².